The lowest BCUT2D eigenvalue weighted by Gasteiger charge is -2.06. The normalized spacial score (nSPS) is 10.1. The summed E-state index contributed by atoms with van der Waals surface area (Å²) in [6.07, 6.45) is 1.45. The van der Waals surface area contributed by atoms with E-state index in [0.717, 1.165) is 0 Å². The third-order valence-corrected chi connectivity index (χ3v) is 2.12. The third-order valence-electron chi connectivity index (χ3n) is 2.12. The molecule has 0 aliphatic carbocycles. The highest BCUT2D eigenvalue weighted by molar-refractivity contribution is 5.65. The van der Waals surface area contributed by atoms with Crippen LogP contribution in [0.2, 0.25) is 0 Å². The molecule has 1 aromatic heterocycles. The van der Waals surface area contributed by atoms with E-state index in [4.69, 9.17) is 10.5 Å². The van der Waals surface area contributed by atoms with Gasteiger partial charge in [0.15, 0.2) is 5.82 Å². The zero-order valence-electron chi connectivity index (χ0n) is 8.71. The zero-order chi connectivity index (χ0) is 11.5. The van der Waals surface area contributed by atoms with E-state index in [1.54, 1.807) is 24.3 Å². The molecule has 3 N–H and O–H groups in total. The lowest BCUT2D eigenvalue weighted by Crippen LogP contribution is -1.99. The molecule has 0 fully saturated rings. The fourth-order valence-corrected chi connectivity index (χ4v) is 1.33. The Labute approximate surface area is 92.5 Å². The largest absolute Gasteiger partial charge is 0.507 e. The molecule has 0 aliphatic rings. The Bertz CT molecular complexity index is 514. The molecule has 0 spiro atoms. The second-order valence-electron chi connectivity index (χ2n) is 3.18. The van der Waals surface area contributed by atoms with Gasteiger partial charge in [-0.25, -0.2) is 4.98 Å². The van der Waals surface area contributed by atoms with Gasteiger partial charge in [0.1, 0.15) is 11.4 Å². The maximum Gasteiger partial charge on any atom is 0.240 e. The summed E-state index contributed by atoms with van der Waals surface area (Å²) >= 11 is 0. The van der Waals surface area contributed by atoms with Crippen LogP contribution in [0, 0.1) is 0 Å². The van der Waals surface area contributed by atoms with Crippen molar-refractivity contribution >= 4 is 5.69 Å². The predicted octanol–water partition coefficient (Wildman–Crippen LogP) is 1.44. The highest BCUT2D eigenvalue weighted by Crippen LogP contribution is 2.28. The van der Waals surface area contributed by atoms with Crippen molar-refractivity contribution in [2.75, 3.05) is 12.8 Å². The van der Waals surface area contributed by atoms with Gasteiger partial charge in [0.2, 0.25) is 5.88 Å². The molecule has 16 heavy (non-hydrogen) atoms. The Morgan fingerprint density at radius 1 is 1.31 bits per heavy atom. The first-order valence-electron chi connectivity index (χ1n) is 4.67. The van der Waals surface area contributed by atoms with Crippen LogP contribution < -0.4 is 10.5 Å². The lowest BCUT2D eigenvalue weighted by atomic mass is 10.2. The quantitative estimate of drug-likeness (QED) is 0.795. The van der Waals surface area contributed by atoms with Gasteiger partial charge < -0.3 is 15.6 Å². The van der Waals surface area contributed by atoms with Gasteiger partial charge in [-0.15, -0.1) is 0 Å². The summed E-state index contributed by atoms with van der Waals surface area (Å²) in [6.45, 7) is 0. The van der Waals surface area contributed by atoms with E-state index in [0.29, 0.717) is 23.0 Å². The van der Waals surface area contributed by atoms with E-state index >= 15 is 0 Å². The van der Waals surface area contributed by atoms with Gasteiger partial charge in [0.05, 0.1) is 18.9 Å². The first kappa shape index (κ1) is 10.2. The molecule has 0 saturated carbocycles. The third kappa shape index (κ3) is 1.75. The summed E-state index contributed by atoms with van der Waals surface area (Å²) in [6, 6.07) is 6.82. The van der Waals surface area contributed by atoms with Crippen molar-refractivity contribution in [1.29, 1.82) is 0 Å². The minimum absolute atomic E-state index is 0.120. The second-order valence-corrected chi connectivity index (χ2v) is 3.18. The predicted molar refractivity (Wildman–Crippen MR) is 60.1 cm³/mol. The van der Waals surface area contributed by atoms with Crippen LogP contribution in [-0.4, -0.2) is 22.2 Å². The number of para-hydroxylation sites is 1. The number of phenolic OH excluding ortho intramolecular Hbond substituents is 1. The van der Waals surface area contributed by atoms with Crippen molar-refractivity contribution < 1.29 is 9.84 Å². The molecule has 2 rings (SSSR count). The van der Waals surface area contributed by atoms with Gasteiger partial charge in [-0.2, -0.15) is 4.98 Å². The van der Waals surface area contributed by atoms with Gasteiger partial charge in [0.25, 0.3) is 0 Å². The summed E-state index contributed by atoms with van der Waals surface area (Å²) < 4.78 is 4.99. The molecule has 5 nitrogen and oxygen atoms in total. The molecule has 2 aromatic rings. The molecular weight excluding hydrogens is 206 g/mol. The van der Waals surface area contributed by atoms with E-state index < -0.39 is 0 Å². The molecule has 0 aliphatic heterocycles. The Balaban J connectivity index is 2.53. The number of methoxy groups -OCH3 is 1. The van der Waals surface area contributed by atoms with E-state index in [-0.39, 0.29) is 5.75 Å². The van der Waals surface area contributed by atoms with E-state index in [1.807, 2.05) is 0 Å². The van der Waals surface area contributed by atoms with Crippen molar-refractivity contribution in [1.82, 2.24) is 9.97 Å². The molecular formula is C11H11N3O2. The Morgan fingerprint density at radius 3 is 2.75 bits per heavy atom. The molecule has 82 valence electrons. The number of ether oxygens (including phenoxy) is 1. The number of phenols is 1. The molecule has 0 atom stereocenters. The molecule has 1 aromatic carbocycles. The van der Waals surface area contributed by atoms with Crippen molar-refractivity contribution in [2.24, 2.45) is 0 Å². The fraction of sp³-hybridized carbons (Fsp3) is 0.0909. The van der Waals surface area contributed by atoms with Crippen LogP contribution >= 0.6 is 0 Å². The number of nitrogens with zero attached hydrogens (tertiary/aromatic N) is 2. The van der Waals surface area contributed by atoms with Crippen molar-refractivity contribution in [3.05, 3.63) is 30.5 Å². The summed E-state index contributed by atoms with van der Waals surface area (Å²) in [7, 11) is 1.48. The summed E-state index contributed by atoms with van der Waals surface area (Å²) in [5.41, 5.74) is 6.51. The summed E-state index contributed by atoms with van der Waals surface area (Å²) in [5.74, 6) is 0.798. The highest BCUT2D eigenvalue weighted by Gasteiger charge is 2.09. The number of hydrogen-bond acceptors (Lipinski definition) is 5. The Morgan fingerprint density at radius 2 is 2.06 bits per heavy atom. The minimum Gasteiger partial charge on any atom is -0.507 e. The topological polar surface area (TPSA) is 81.3 Å². The average molecular weight is 217 g/mol. The van der Waals surface area contributed by atoms with Crippen LogP contribution in [-0.2, 0) is 0 Å². The summed E-state index contributed by atoms with van der Waals surface area (Å²) in [4.78, 5) is 8.15. The molecule has 0 saturated heterocycles. The van der Waals surface area contributed by atoms with Gasteiger partial charge in [0, 0.05) is 0 Å². The van der Waals surface area contributed by atoms with Gasteiger partial charge in [-0.3, -0.25) is 0 Å². The number of nitrogen functional groups attached to an aromatic ring is 1. The number of hydrogen-bond donors (Lipinski definition) is 2. The highest BCUT2D eigenvalue weighted by atomic mass is 16.5. The van der Waals surface area contributed by atoms with Crippen LogP contribution in [0.3, 0.4) is 0 Å². The Kier molecular flexibility index (Phi) is 2.59. The van der Waals surface area contributed by atoms with Crippen LogP contribution in [0.15, 0.2) is 30.5 Å². The smallest absolute Gasteiger partial charge is 0.240 e. The first-order chi connectivity index (χ1) is 7.72. The van der Waals surface area contributed by atoms with Crippen molar-refractivity contribution in [2.45, 2.75) is 0 Å². The van der Waals surface area contributed by atoms with Crippen LogP contribution in [0.4, 0.5) is 5.69 Å². The van der Waals surface area contributed by atoms with Crippen LogP contribution in [0.1, 0.15) is 0 Å². The average Bonchev–Trinajstić information content (AvgIpc) is 2.31. The Hall–Kier alpha value is -2.30. The standard InChI is InChI=1S/C11H11N3O2/c1-16-11-8(12)6-13-10(14-11)7-4-2-3-5-9(7)15/h2-6,15H,12H2,1H3. The second kappa shape index (κ2) is 4.06. The molecule has 0 unspecified atom stereocenters. The molecule has 1 heterocycles. The maximum absolute atomic E-state index is 9.64. The monoisotopic (exact) mass is 217 g/mol. The first-order valence-corrected chi connectivity index (χ1v) is 4.67. The van der Waals surface area contributed by atoms with Gasteiger partial charge in [-0.1, -0.05) is 12.1 Å². The number of nitrogens with two attached hydrogens (primary N) is 1. The summed E-state index contributed by atoms with van der Waals surface area (Å²) in [5, 5.41) is 9.64. The zero-order valence-corrected chi connectivity index (χ0v) is 8.71. The van der Waals surface area contributed by atoms with Crippen molar-refractivity contribution in [3.8, 4) is 23.0 Å². The van der Waals surface area contributed by atoms with Gasteiger partial charge in [-0.05, 0) is 12.1 Å². The molecule has 0 bridgehead atoms. The number of rotatable bonds is 2. The van der Waals surface area contributed by atoms with Crippen LogP contribution in [0.25, 0.3) is 11.4 Å². The SMILES string of the molecule is COc1nc(-c2ccccc2O)ncc1N. The number of anilines is 1. The molecule has 0 radical (unpaired) electrons. The molecule has 0 amide bonds. The fourth-order valence-electron chi connectivity index (χ4n) is 1.33. The van der Waals surface area contributed by atoms with E-state index in [2.05, 4.69) is 9.97 Å². The minimum atomic E-state index is 0.120. The van der Waals surface area contributed by atoms with Gasteiger partial charge >= 0.3 is 0 Å². The lowest BCUT2D eigenvalue weighted by molar-refractivity contribution is 0.399. The van der Waals surface area contributed by atoms with Crippen molar-refractivity contribution in [3.63, 3.8) is 0 Å². The van der Waals surface area contributed by atoms with Crippen LogP contribution in [0.5, 0.6) is 11.6 Å². The molecule has 5 heteroatoms. The number of benzene rings is 1. The van der Waals surface area contributed by atoms with E-state index in [1.165, 1.54) is 13.3 Å². The maximum atomic E-state index is 9.64. The number of aromatic hydroxyl groups is 1. The number of aromatic nitrogens is 2. The van der Waals surface area contributed by atoms with E-state index in [9.17, 15) is 5.11 Å².